The molecule has 106 valence electrons. The monoisotopic (exact) mass is 318 g/mol. The lowest BCUT2D eigenvalue weighted by molar-refractivity contribution is 0.101. The molecule has 1 aromatic carbocycles. The number of nitrogens with one attached hydrogen (secondary N) is 1. The van der Waals surface area contributed by atoms with Gasteiger partial charge in [0.15, 0.2) is 11.5 Å². The van der Waals surface area contributed by atoms with E-state index in [1.165, 1.54) is 11.3 Å². The molecule has 4 nitrogen and oxygen atoms in total. The van der Waals surface area contributed by atoms with Gasteiger partial charge in [0.25, 0.3) is 5.91 Å². The molecule has 0 fully saturated rings. The van der Waals surface area contributed by atoms with Crippen LogP contribution in [0.4, 0.5) is 5.69 Å². The molecule has 21 heavy (non-hydrogen) atoms. The summed E-state index contributed by atoms with van der Waals surface area (Å²) in [6, 6.07) is 10.8. The predicted molar refractivity (Wildman–Crippen MR) is 84.0 cm³/mol. The Labute approximate surface area is 130 Å². The first-order chi connectivity index (χ1) is 10.1. The number of amides is 1. The van der Waals surface area contributed by atoms with E-state index in [0.29, 0.717) is 16.5 Å². The summed E-state index contributed by atoms with van der Waals surface area (Å²) in [4.78, 5) is 13.1. The Morgan fingerprint density at radius 2 is 2.19 bits per heavy atom. The van der Waals surface area contributed by atoms with Crippen molar-refractivity contribution >= 4 is 34.5 Å². The van der Waals surface area contributed by atoms with E-state index in [2.05, 4.69) is 10.5 Å². The molecule has 0 aliphatic rings. The van der Waals surface area contributed by atoms with Gasteiger partial charge in [-0.1, -0.05) is 28.9 Å². The molecule has 0 saturated heterocycles. The molecule has 0 aliphatic carbocycles. The van der Waals surface area contributed by atoms with Crippen LogP contribution >= 0.6 is 22.9 Å². The van der Waals surface area contributed by atoms with Crippen LogP contribution in [0.5, 0.6) is 0 Å². The van der Waals surface area contributed by atoms with Gasteiger partial charge in [-0.05, 0) is 36.1 Å². The molecule has 0 unspecified atom stereocenters. The zero-order valence-corrected chi connectivity index (χ0v) is 12.7. The third kappa shape index (κ3) is 2.99. The van der Waals surface area contributed by atoms with E-state index >= 15 is 0 Å². The average molecular weight is 319 g/mol. The lowest BCUT2D eigenvalue weighted by atomic mass is 10.2. The number of nitrogens with zero attached hydrogens (tertiary/aromatic N) is 1. The summed E-state index contributed by atoms with van der Waals surface area (Å²) in [6.45, 7) is 1.90. The van der Waals surface area contributed by atoms with Gasteiger partial charge < -0.3 is 9.84 Å². The molecule has 0 radical (unpaired) electrons. The fourth-order valence-corrected chi connectivity index (χ4v) is 2.64. The minimum atomic E-state index is -0.332. The highest BCUT2D eigenvalue weighted by Gasteiger charge is 2.14. The fraction of sp³-hybridized carbons (Fsp3) is 0.0667. The molecule has 2 heterocycles. The summed E-state index contributed by atoms with van der Waals surface area (Å²) in [5.41, 5.74) is 1.81. The Morgan fingerprint density at radius 3 is 2.90 bits per heavy atom. The molecule has 0 saturated carbocycles. The number of benzene rings is 1. The number of carbonyl (C=O) groups is 1. The first kappa shape index (κ1) is 13.9. The third-order valence-corrected chi connectivity index (χ3v) is 4.23. The number of carbonyl (C=O) groups excluding carboxylic acids is 1. The third-order valence-electron chi connectivity index (χ3n) is 2.94. The van der Waals surface area contributed by atoms with Gasteiger partial charge in [0.05, 0.1) is 4.88 Å². The molecule has 0 atom stereocenters. The predicted octanol–water partition coefficient (Wildman–Crippen LogP) is 4.62. The van der Waals surface area contributed by atoms with E-state index in [1.54, 1.807) is 18.2 Å². The molecular formula is C15H11ClN2O2S. The van der Waals surface area contributed by atoms with E-state index in [1.807, 2.05) is 30.5 Å². The van der Waals surface area contributed by atoms with Crippen molar-refractivity contribution in [3.8, 4) is 10.6 Å². The summed E-state index contributed by atoms with van der Waals surface area (Å²) in [5, 5.41) is 9.08. The summed E-state index contributed by atoms with van der Waals surface area (Å²) in [7, 11) is 0. The van der Waals surface area contributed by atoms with Gasteiger partial charge in [-0.3, -0.25) is 4.79 Å². The zero-order chi connectivity index (χ0) is 14.8. The normalized spacial score (nSPS) is 10.6. The first-order valence-corrected chi connectivity index (χ1v) is 7.47. The van der Waals surface area contributed by atoms with Crippen LogP contribution in [0.3, 0.4) is 0 Å². The van der Waals surface area contributed by atoms with E-state index in [-0.39, 0.29) is 11.6 Å². The van der Waals surface area contributed by atoms with Gasteiger partial charge in [-0.25, -0.2) is 0 Å². The van der Waals surface area contributed by atoms with Gasteiger partial charge in [-0.15, -0.1) is 11.3 Å². The standard InChI is InChI=1S/C15H11ClN2O2S/c1-9-4-5-10(7-11(9)16)17-15(19)12-8-13(20-18-12)14-3-2-6-21-14/h2-8H,1H3,(H,17,19). The second kappa shape index (κ2) is 5.71. The molecule has 3 aromatic rings. The fourth-order valence-electron chi connectivity index (χ4n) is 1.78. The van der Waals surface area contributed by atoms with Gasteiger partial charge in [0.2, 0.25) is 0 Å². The maximum Gasteiger partial charge on any atom is 0.277 e. The van der Waals surface area contributed by atoms with Crippen molar-refractivity contribution in [2.24, 2.45) is 0 Å². The average Bonchev–Trinajstić information content (AvgIpc) is 3.12. The van der Waals surface area contributed by atoms with Crippen LogP contribution in [0.25, 0.3) is 10.6 Å². The van der Waals surface area contributed by atoms with Crippen LogP contribution in [0.1, 0.15) is 16.1 Å². The van der Waals surface area contributed by atoms with Crippen LogP contribution in [0.15, 0.2) is 46.3 Å². The molecule has 0 spiro atoms. The van der Waals surface area contributed by atoms with Crippen molar-refractivity contribution in [1.29, 1.82) is 0 Å². The van der Waals surface area contributed by atoms with Crippen molar-refractivity contribution in [2.75, 3.05) is 5.32 Å². The highest BCUT2D eigenvalue weighted by molar-refractivity contribution is 7.13. The van der Waals surface area contributed by atoms with Crippen LogP contribution in [-0.4, -0.2) is 11.1 Å². The molecule has 1 N–H and O–H groups in total. The number of aromatic nitrogens is 1. The van der Waals surface area contributed by atoms with Crippen molar-refractivity contribution in [3.63, 3.8) is 0 Å². The number of thiophene rings is 1. The van der Waals surface area contributed by atoms with Crippen molar-refractivity contribution < 1.29 is 9.32 Å². The molecular weight excluding hydrogens is 308 g/mol. The quantitative estimate of drug-likeness (QED) is 0.766. The van der Waals surface area contributed by atoms with E-state index < -0.39 is 0 Å². The topological polar surface area (TPSA) is 55.1 Å². The molecule has 3 rings (SSSR count). The number of aryl methyl sites for hydroxylation is 1. The van der Waals surface area contributed by atoms with Crippen molar-refractivity contribution in [1.82, 2.24) is 5.16 Å². The lowest BCUT2D eigenvalue weighted by Gasteiger charge is -2.04. The number of rotatable bonds is 3. The van der Waals surface area contributed by atoms with Crippen LogP contribution in [-0.2, 0) is 0 Å². The van der Waals surface area contributed by atoms with E-state index in [0.717, 1.165) is 10.4 Å². The Hall–Kier alpha value is -2.11. The first-order valence-electron chi connectivity index (χ1n) is 6.21. The maximum absolute atomic E-state index is 12.1. The summed E-state index contributed by atoms with van der Waals surface area (Å²) >= 11 is 7.56. The Balaban J connectivity index is 1.78. The lowest BCUT2D eigenvalue weighted by Crippen LogP contribution is -2.12. The summed E-state index contributed by atoms with van der Waals surface area (Å²) in [5.74, 6) is 0.249. The number of halogens is 1. The number of hydrogen-bond acceptors (Lipinski definition) is 4. The van der Waals surface area contributed by atoms with E-state index in [9.17, 15) is 4.79 Å². The molecule has 0 aliphatic heterocycles. The maximum atomic E-state index is 12.1. The van der Waals surface area contributed by atoms with E-state index in [4.69, 9.17) is 16.1 Å². The van der Waals surface area contributed by atoms with Crippen LogP contribution in [0, 0.1) is 6.92 Å². The second-order valence-corrected chi connectivity index (χ2v) is 5.83. The van der Waals surface area contributed by atoms with Crippen molar-refractivity contribution in [3.05, 3.63) is 58.1 Å². The minimum Gasteiger partial charge on any atom is -0.355 e. The zero-order valence-electron chi connectivity index (χ0n) is 11.1. The van der Waals surface area contributed by atoms with Gasteiger partial charge in [-0.2, -0.15) is 0 Å². The van der Waals surface area contributed by atoms with Crippen LogP contribution in [0.2, 0.25) is 5.02 Å². The SMILES string of the molecule is Cc1ccc(NC(=O)c2cc(-c3cccs3)on2)cc1Cl. The number of hydrogen-bond donors (Lipinski definition) is 1. The number of anilines is 1. The second-order valence-electron chi connectivity index (χ2n) is 4.47. The van der Waals surface area contributed by atoms with Gasteiger partial charge >= 0.3 is 0 Å². The summed E-state index contributed by atoms with van der Waals surface area (Å²) in [6.07, 6.45) is 0. The van der Waals surface area contributed by atoms with Crippen molar-refractivity contribution in [2.45, 2.75) is 6.92 Å². The Morgan fingerprint density at radius 1 is 1.33 bits per heavy atom. The van der Waals surface area contributed by atoms with Crippen LogP contribution < -0.4 is 5.32 Å². The highest BCUT2D eigenvalue weighted by atomic mass is 35.5. The van der Waals surface area contributed by atoms with Gasteiger partial charge in [0, 0.05) is 16.8 Å². The Bertz CT molecular complexity index is 781. The smallest absolute Gasteiger partial charge is 0.277 e. The Kier molecular flexibility index (Phi) is 3.77. The molecule has 2 aromatic heterocycles. The molecule has 0 bridgehead atoms. The van der Waals surface area contributed by atoms with Gasteiger partial charge in [0.1, 0.15) is 0 Å². The molecule has 1 amide bonds. The highest BCUT2D eigenvalue weighted by Crippen LogP contribution is 2.25. The largest absolute Gasteiger partial charge is 0.355 e. The molecule has 6 heteroatoms. The summed E-state index contributed by atoms with van der Waals surface area (Å²) < 4.78 is 5.18. The minimum absolute atomic E-state index is 0.232.